The van der Waals surface area contributed by atoms with E-state index in [2.05, 4.69) is 24.2 Å². The van der Waals surface area contributed by atoms with Crippen molar-refractivity contribution in [2.24, 2.45) is 0 Å². The number of nitrogens with one attached hydrogen (secondary N) is 1. The second-order valence-electron chi connectivity index (χ2n) is 3.49. The lowest BCUT2D eigenvalue weighted by Crippen LogP contribution is -2.21. The number of para-hydroxylation sites is 1. The summed E-state index contributed by atoms with van der Waals surface area (Å²) in [5.74, 6) is 3.62. The van der Waals surface area contributed by atoms with Gasteiger partial charge in [-0.05, 0) is 19.5 Å². The van der Waals surface area contributed by atoms with Crippen LogP contribution >= 0.6 is 0 Å². The summed E-state index contributed by atoms with van der Waals surface area (Å²) in [7, 11) is 0. The molecule has 1 unspecified atom stereocenters. The van der Waals surface area contributed by atoms with Crippen LogP contribution < -0.4 is 10.1 Å². The highest BCUT2D eigenvalue weighted by Gasteiger charge is 2.13. The third kappa shape index (κ3) is 3.29. The van der Waals surface area contributed by atoms with Crippen LogP contribution in [0.15, 0.2) is 24.3 Å². The number of terminal acetylenes is 1. The van der Waals surface area contributed by atoms with Gasteiger partial charge in [0.05, 0.1) is 6.61 Å². The second kappa shape index (κ2) is 6.92. The van der Waals surface area contributed by atoms with Crippen molar-refractivity contribution in [1.29, 1.82) is 0 Å². The van der Waals surface area contributed by atoms with Crippen LogP contribution in [-0.4, -0.2) is 13.2 Å². The molecule has 0 heterocycles. The topological polar surface area (TPSA) is 21.3 Å². The van der Waals surface area contributed by atoms with Crippen molar-refractivity contribution >= 4 is 0 Å². The van der Waals surface area contributed by atoms with Crippen LogP contribution in [0.3, 0.4) is 0 Å². The van der Waals surface area contributed by atoms with Gasteiger partial charge >= 0.3 is 0 Å². The van der Waals surface area contributed by atoms with E-state index in [1.165, 1.54) is 0 Å². The quantitative estimate of drug-likeness (QED) is 0.740. The maximum atomic E-state index is 5.60. The van der Waals surface area contributed by atoms with Crippen molar-refractivity contribution in [3.05, 3.63) is 29.8 Å². The van der Waals surface area contributed by atoms with E-state index in [0.29, 0.717) is 13.0 Å². The Kier molecular flexibility index (Phi) is 5.45. The summed E-state index contributed by atoms with van der Waals surface area (Å²) in [6.07, 6.45) is 6.07. The molecule has 2 heteroatoms. The van der Waals surface area contributed by atoms with Crippen molar-refractivity contribution in [2.45, 2.75) is 26.3 Å². The summed E-state index contributed by atoms with van der Waals surface area (Å²) >= 11 is 0. The molecular weight excluding hydrogens is 198 g/mol. The lowest BCUT2D eigenvalue weighted by molar-refractivity contribution is 0.331. The van der Waals surface area contributed by atoms with Gasteiger partial charge in [0, 0.05) is 18.0 Å². The molecule has 1 aromatic carbocycles. The molecule has 1 atom stereocenters. The zero-order valence-electron chi connectivity index (χ0n) is 9.99. The van der Waals surface area contributed by atoms with Crippen LogP contribution in [0.4, 0.5) is 0 Å². The maximum absolute atomic E-state index is 5.60. The molecule has 1 rings (SSSR count). The highest BCUT2D eigenvalue weighted by atomic mass is 16.5. The van der Waals surface area contributed by atoms with Crippen LogP contribution in [0, 0.1) is 12.3 Å². The van der Waals surface area contributed by atoms with Crippen molar-refractivity contribution in [3.63, 3.8) is 0 Å². The Labute approximate surface area is 98.0 Å². The highest BCUT2D eigenvalue weighted by molar-refractivity contribution is 5.36. The van der Waals surface area contributed by atoms with E-state index in [-0.39, 0.29) is 6.04 Å². The summed E-state index contributed by atoms with van der Waals surface area (Å²) in [6.45, 7) is 5.63. The third-order valence-electron chi connectivity index (χ3n) is 2.37. The summed E-state index contributed by atoms with van der Waals surface area (Å²) < 4.78 is 5.60. The molecule has 0 aliphatic rings. The lowest BCUT2D eigenvalue weighted by Gasteiger charge is -2.19. The van der Waals surface area contributed by atoms with Gasteiger partial charge in [-0.25, -0.2) is 0 Å². The molecule has 86 valence electrons. The number of hydrogen-bond acceptors (Lipinski definition) is 2. The Morgan fingerprint density at radius 2 is 2.12 bits per heavy atom. The molecule has 2 nitrogen and oxygen atoms in total. The van der Waals surface area contributed by atoms with E-state index in [1.54, 1.807) is 0 Å². The van der Waals surface area contributed by atoms with E-state index in [9.17, 15) is 0 Å². The first-order valence-corrected chi connectivity index (χ1v) is 5.72. The standard InChI is InChI=1S/C14H19NO/c1-4-9-13(15-5-2)12-10-7-8-11-14(12)16-6-3/h1,7-8,10-11,13,15H,5-6,9H2,2-3H3. The minimum Gasteiger partial charge on any atom is -0.494 e. The summed E-state index contributed by atoms with van der Waals surface area (Å²) in [4.78, 5) is 0. The number of rotatable bonds is 6. The SMILES string of the molecule is C#CCC(NCC)c1ccccc1OCC. The first kappa shape index (κ1) is 12.6. The molecule has 0 bridgehead atoms. The van der Waals surface area contributed by atoms with Gasteiger partial charge in [-0.1, -0.05) is 25.1 Å². The first-order chi connectivity index (χ1) is 7.83. The van der Waals surface area contributed by atoms with Gasteiger partial charge in [0.1, 0.15) is 5.75 Å². The highest BCUT2D eigenvalue weighted by Crippen LogP contribution is 2.26. The van der Waals surface area contributed by atoms with Gasteiger partial charge in [0.2, 0.25) is 0 Å². The van der Waals surface area contributed by atoms with Crippen molar-refractivity contribution in [2.75, 3.05) is 13.2 Å². The molecule has 0 spiro atoms. The fourth-order valence-corrected chi connectivity index (χ4v) is 1.71. The number of benzene rings is 1. The predicted molar refractivity (Wildman–Crippen MR) is 67.5 cm³/mol. The average molecular weight is 217 g/mol. The van der Waals surface area contributed by atoms with E-state index in [1.807, 2.05) is 25.1 Å². The Morgan fingerprint density at radius 3 is 2.75 bits per heavy atom. The van der Waals surface area contributed by atoms with E-state index in [0.717, 1.165) is 17.9 Å². The molecule has 0 amide bonds. The number of ether oxygens (including phenoxy) is 1. The van der Waals surface area contributed by atoms with Crippen LogP contribution in [0.2, 0.25) is 0 Å². The van der Waals surface area contributed by atoms with E-state index >= 15 is 0 Å². The fourth-order valence-electron chi connectivity index (χ4n) is 1.71. The molecule has 0 radical (unpaired) electrons. The summed E-state index contributed by atoms with van der Waals surface area (Å²) in [5.41, 5.74) is 1.14. The summed E-state index contributed by atoms with van der Waals surface area (Å²) in [6, 6.07) is 8.22. The molecule has 16 heavy (non-hydrogen) atoms. The molecule has 0 aliphatic heterocycles. The second-order valence-corrected chi connectivity index (χ2v) is 3.49. The van der Waals surface area contributed by atoms with E-state index in [4.69, 9.17) is 11.2 Å². The average Bonchev–Trinajstić information content (AvgIpc) is 2.30. The number of hydrogen-bond donors (Lipinski definition) is 1. The summed E-state index contributed by atoms with van der Waals surface area (Å²) in [5, 5.41) is 3.38. The van der Waals surface area contributed by atoms with Gasteiger partial charge in [0.25, 0.3) is 0 Å². The van der Waals surface area contributed by atoms with Gasteiger partial charge in [-0.15, -0.1) is 12.3 Å². The monoisotopic (exact) mass is 217 g/mol. The first-order valence-electron chi connectivity index (χ1n) is 5.72. The Bertz CT molecular complexity index is 354. The minimum atomic E-state index is 0.178. The molecule has 1 aromatic rings. The third-order valence-corrected chi connectivity index (χ3v) is 2.37. The smallest absolute Gasteiger partial charge is 0.124 e. The maximum Gasteiger partial charge on any atom is 0.124 e. The molecule has 0 fully saturated rings. The van der Waals surface area contributed by atoms with Crippen LogP contribution in [0.1, 0.15) is 31.9 Å². The Balaban J connectivity index is 2.93. The van der Waals surface area contributed by atoms with Gasteiger partial charge in [0.15, 0.2) is 0 Å². The molecule has 0 aromatic heterocycles. The molecular formula is C14H19NO. The minimum absolute atomic E-state index is 0.178. The van der Waals surface area contributed by atoms with Crippen LogP contribution in [0.25, 0.3) is 0 Å². The Morgan fingerprint density at radius 1 is 1.38 bits per heavy atom. The zero-order valence-corrected chi connectivity index (χ0v) is 9.99. The molecule has 0 saturated heterocycles. The van der Waals surface area contributed by atoms with Crippen molar-refractivity contribution in [1.82, 2.24) is 5.32 Å². The predicted octanol–water partition coefficient (Wildman–Crippen LogP) is 2.76. The van der Waals surface area contributed by atoms with Gasteiger partial charge < -0.3 is 10.1 Å². The van der Waals surface area contributed by atoms with Gasteiger partial charge in [-0.3, -0.25) is 0 Å². The van der Waals surface area contributed by atoms with Crippen LogP contribution in [0.5, 0.6) is 5.75 Å². The van der Waals surface area contributed by atoms with E-state index < -0.39 is 0 Å². The van der Waals surface area contributed by atoms with Gasteiger partial charge in [-0.2, -0.15) is 0 Å². The lowest BCUT2D eigenvalue weighted by atomic mass is 10.0. The normalized spacial score (nSPS) is 11.8. The Hall–Kier alpha value is -1.46. The molecule has 0 saturated carbocycles. The van der Waals surface area contributed by atoms with Crippen molar-refractivity contribution < 1.29 is 4.74 Å². The van der Waals surface area contributed by atoms with Crippen molar-refractivity contribution in [3.8, 4) is 18.1 Å². The molecule has 0 aliphatic carbocycles. The zero-order chi connectivity index (χ0) is 11.8. The molecule has 1 N–H and O–H groups in total. The fraction of sp³-hybridized carbons (Fsp3) is 0.429. The van der Waals surface area contributed by atoms with Crippen LogP contribution in [-0.2, 0) is 0 Å². The largest absolute Gasteiger partial charge is 0.494 e.